The van der Waals surface area contributed by atoms with E-state index in [-0.39, 0.29) is 5.92 Å². The number of nitrogens with one attached hydrogen (secondary N) is 2. The Hall–Kier alpha value is -2.24. The maximum absolute atomic E-state index is 12.1. The van der Waals surface area contributed by atoms with E-state index >= 15 is 0 Å². The molecule has 0 aliphatic carbocycles. The maximum Gasteiger partial charge on any atom is 0.222 e. The molecule has 2 rings (SSSR count). The highest BCUT2D eigenvalue weighted by molar-refractivity contribution is 5.79. The molecule has 0 aromatic heterocycles. The van der Waals surface area contributed by atoms with Gasteiger partial charge in [-0.15, -0.1) is 0 Å². The Kier molecular flexibility index (Phi) is 9.66. The number of benzene rings is 1. The van der Waals surface area contributed by atoms with E-state index < -0.39 is 0 Å². The summed E-state index contributed by atoms with van der Waals surface area (Å²) in [6, 6.07) is 8.10. The van der Waals surface area contributed by atoms with Gasteiger partial charge in [0, 0.05) is 45.1 Å². The fraction of sp³-hybridized carbons (Fsp3) is 0.636. The number of carbonyl (C=O) groups is 1. The van der Waals surface area contributed by atoms with Crippen molar-refractivity contribution in [2.75, 3.05) is 39.8 Å². The van der Waals surface area contributed by atoms with Crippen LogP contribution < -0.4 is 15.4 Å². The van der Waals surface area contributed by atoms with Gasteiger partial charge >= 0.3 is 0 Å². The number of hydrogen-bond donors (Lipinski definition) is 2. The SMILES string of the molecule is CCNC(=NCC(C)c1ccccc1OC)NCCCN1CCCCCC1=O. The van der Waals surface area contributed by atoms with Crippen molar-refractivity contribution in [3.63, 3.8) is 0 Å². The van der Waals surface area contributed by atoms with Crippen LogP contribution in [0.4, 0.5) is 0 Å². The van der Waals surface area contributed by atoms with E-state index in [1.54, 1.807) is 7.11 Å². The van der Waals surface area contributed by atoms with Gasteiger partial charge in [0.05, 0.1) is 7.11 Å². The van der Waals surface area contributed by atoms with Gasteiger partial charge in [0.15, 0.2) is 5.96 Å². The van der Waals surface area contributed by atoms with Crippen molar-refractivity contribution < 1.29 is 9.53 Å². The van der Waals surface area contributed by atoms with Crippen molar-refractivity contribution in [3.05, 3.63) is 29.8 Å². The number of hydrogen-bond acceptors (Lipinski definition) is 3. The number of likely N-dealkylation sites (tertiary alicyclic amines) is 1. The van der Waals surface area contributed by atoms with E-state index in [1.807, 2.05) is 23.1 Å². The Morgan fingerprint density at radius 2 is 2.07 bits per heavy atom. The van der Waals surface area contributed by atoms with Crippen LogP contribution in [0.5, 0.6) is 5.75 Å². The molecule has 156 valence electrons. The molecule has 1 unspecified atom stereocenters. The predicted molar refractivity (Wildman–Crippen MR) is 115 cm³/mol. The predicted octanol–water partition coefficient (Wildman–Crippen LogP) is 3.15. The third kappa shape index (κ3) is 7.06. The molecule has 6 heteroatoms. The normalized spacial score (nSPS) is 16.5. The molecule has 28 heavy (non-hydrogen) atoms. The molecule has 2 N–H and O–H groups in total. The van der Waals surface area contributed by atoms with E-state index in [0.717, 1.165) is 57.2 Å². The molecule has 0 saturated carbocycles. The van der Waals surface area contributed by atoms with Crippen LogP contribution in [0.25, 0.3) is 0 Å². The van der Waals surface area contributed by atoms with Gasteiger partial charge in [-0.1, -0.05) is 31.5 Å². The molecule has 1 atom stereocenters. The average Bonchev–Trinajstić information content (AvgIpc) is 2.93. The molecule has 0 spiro atoms. The van der Waals surface area contributed by atoms with Gasteiger partial charge < -0.3 is 20.3 Å². The lowest BCUT2D eigenvalue weighted by Crippen LogP contribution is -2.39. The fourth-order valence-corrected chi connectivity index (χ4v) is 3.49. The summed E-state index contributed by atoms with van der Waals surface area (Å²) >= 11 is 0. The minimum Gasteiger partial charge on any atom is -0.496 e. The van der Waals surface area contributed by atoms with Gasteiger partial charge in [-0.25, -0.2) is 0 Å². The third-order valence-electron chi connectivity index (χ3n) is 5.11. The van der Waals surface area contributed by atoms with Crippen LogP contribution in [0.15, 0.2) is 29.3 Å². The standard InChI is InChI=1S/C22H36N4O2/c1-4-23-22(24-14-10-16-26-15-9-5-6-13-21(26)27)25-17-18(2)19-11-7-8-12-20(19)28-3/h7-8,11-12,18H,4-6,9-10,13-17H2,1-3H3,(H2,23,24,25). The Bertz CT molecular complexity index is 633. The Morgan fingerprint density at radius 3 is 2.86 bits per heavy atom. The lowest BCUT2D eigenvalue weighted by molar-refractivity contribution is -0.130. The smallest absolute Gasteiger partial charge is 0.222 e. The van der Waals surface area contributed by atoms with E-state index in [0.29, 0.717) is 18.9 Å². The van der Waals surface area contributed by atoms with Crippen LogP contribution in [0.2, 0.25) is 0 Å². The van der Waals surface area contributed by atoms with Crippen LogP contribution in [-0.4, -0.2) is 56.6 Å². The van der Waals surface area contributed by atoms with E-state index in [2.05, 4.69) is 30.5 Å². The number of rotatable bonds is 9. The fourth-order valence-electron chi connectivity index (χ4n) is 3.49. The number of guanidine groups is 1. The molecule has 0 bridgehead atoms. The van der Waals surface area contributed by atoms with Crippen molar-refractivity contribution in [2.45, 2.75) is 51.9 Å². The van der Waals surface area contributed by atoms with Crippen molar-refractivity contribution in [1.82, 2.24) is 15.5 Å². The van der Waals surface area contributed by atoms with Crippen LogP contribution in [0.1, 0.15) is 57.4 Å². The number of para-hydroxylation sites is 1. The number of carbonyl (C=O) groups excluding carboxylic acids is 1. The van der Waals surface area contributed by atoms with Crippen LogP contribution in [-0.2, 0) is 4.79 Å². The van der Waals surface area contributed by atoms with Crippen molar-refractivity contribution in [3.8, 4) is 5.75 Å². The molecule has 1 aromatic rings. The van der Waals surface area contributed by atoms with Gasteiger partial charge in [-0.3, -0.25) is 9.79 Å². The summed E-state index contributed by atoms with van der Waals surface area (Å²) in [6.45, 7) is 8.26. The van der Waals surface area contributed by atoms with E-state index in [1.165, 1.54) is 12.0 Å². The summed E-state index contributed by atoms with van der Waals surface area (Å²) in [5.41, 5.74) is 1.17. The average molecular weight is 389 g/mol. The Labute approximate surface area is 169 Å². The van der Waals surface area contributed by atoms with Crippen molar-refractivity contribution in [1.29, 1.82) is 0 Å². The first-order valence-corrected chi connectivity index (χ1v) is 10.6. The highest BCUT2D eigenvalue weighted by atomic mass is 16.5. The molecule has 6 nitrogen and oxygen atoms in total. The molecule has 1 aromatic carbocycles. The minimum absolute atomic E-state index is 0.265. The molecule has 1 aliphatic heterocycles. The van der Waals surface area contributed by atoms with Crippen LogP contribution in [0.3, 0.4) is 0 Å². The zero-order chi connectivity index (χ0) is 20.2. The van der Waals surface area contributed by atoms with Gasteiger partial charge in [0.2, 0.25) is 5.91 Å². The molecule has 1 amide bonds. The largest absolute Gasteiger partial charge is 0.496 e. The monoisotopic (exact) mass is 388 g/mol. The summed E-state index contributed by atoms with van der Waals surface area (Å²) < 4.78 is 5.46. The number of ether oxygens (including phenoxy) is 1. The second-order valence-electron chi connectivity index (χ2n) is 7.33. The summed E-state index contributed by atoms with van der Waals surface area (Å²) in [5.74, 6) is 2.31. The number of amides is 1. The third-order valence-corrected chi connectivity index (χ3v) is 5.11. The highest BCUT2D eigenvalue weighted by Gasteiger charge is 2.15. The van der Waals surface area contributed by atoms with Gasteiger partial charge in [-0.05, 0) is 37.8 Å². The first-order chi connectivity index (χ1) is 13.7. The van der Waals surface area contributed by atoms with Crippen LogP contribution >= 0.6 is 0 Å². The van der Waals surface area contributed by atoms with Crippen LogP contribution in [0, 0.1) is 0 Å². The van der Waals surface area contributed by atoms with Crippen molar-refractivity contribution >= 4 is 11.9 Å². The number of nitrogens with zero attached hydrogens (tertiary/aromatic N) is 2. The molecule has 0 radical (unpaired) electrons. The van der Waals surface area contributed by atoms with Crippen molar-refractivity contribution in [2.24, 2.45) is 4.99 Å². The first-order valence-electron chi connectivity index (χ1n) is 10.6. The van der Waals surface area contributed by atoms with E-state index in [9.17, 15) is 4.79 Å². The Balaban J connectivity index is 1.82. The quantitative estimate of drug-likeness (QED) is 0.387. The van der Waals surface area contributed by atoms with Gasteiger partial charge in [0.25, 0.3) is 0 Å². The highest BCUT2D eigenvalue weighted by Crippen LogP contribution is 2.26. The first kappa shape index (κ1) is 22.1. The molecule has 1 fully saturated rings. The summed E-state index contributed by atoms with van der Waals surface area (Å²) in [4.78, 5) is 18.8. The molecule has 1 saturated heterocycles. The second-order valence-corrected chi connectivity index (χ2v) is 7.33. The summed E-state index contributed by atoms with van der Waals surface area (Å²) in [6.07, 6.45) is 4.97. The molecular weight excluding hydrogens is 352 g/mol. The number of methoxy groups -OCH3 is 1. The maximum atomic E-state index is 12.1. The lowest BCUT2D eigenvalue weighted by Gasteiger charge is -2.21. The zero-order valence-corrected chi connectivity index (χ0v) is 17.7. The molecular formula is C22H36N4O2. The minimum atomic E-state index is 0.265. The molecule has 1 heterocycles. The Morgan fingerprint density at radius 1 is 1.25 bits per heavy atom. The zero-order valence-electron chi connectivity index (χ0n) is 17.7. The lowest BCUT2D eigenvalue weighted by atomic mass is 10.0. The topological polar surface area (TPSA) is 66.0 Å². The van der Waals surface area contributed by atoms with Gasteiger partial charge in [0.1, 0.15) is 5.75 Å². The summed E-state index contributed by atoms with van der Waals surface area (Å²) in [7, 11) is 1.70. The van der Waals surface area contributed by atoms with Gasteiger partial charge in [-0.2, -0.15) is 0 Å². The number of aliphatic imine (C=N–C) groups is 1. The summed E-state index contributed by atoms with van der Waals surface area (Å²) in [5, 5.41) is 6.70. The molecule has 1 aliphatic rings. The second kappa shape index (κ2) is 12.3. The van der Waals surface area contributed by atoms with E-state index in [4.69, 9.17) is 9.73 Å².